The van der Waals surface area contributed by atoms with Gasteiger partial charge in [0.05, 0.1) is 30.2 Å². The number of nitrogens with zero attached hydrogens (tertiary/aromatic N) is 4. The lowest BCUT2D eigenvalue weighted by Crippen LogP contribution is -2.32. The standard InChI is InChI=1S/C20H21N5O5/c26-19(17-7-8-18(30-17)25(28)29)21-13-16-14-5-1-2-6-15(14)20(27)24(22-16)12-11-23-9-3-4-10-23/h1-2,5-8H,3-4,9-13H2,(H,21,26). The minimum absolute atomic E-state index is 0.0534. The Morgan fingerprint density at radius 2 is 1.87 bits per heavy atom. The summed E-state index contributed by atoms with van der Waals surface area (Å²) in [5.74, 6) is -1.25. The predicted molar refractivity (Wildman–Crippen MR) is 108 cm³/mol. The molecule has 0 atom stereocenters. The van der Waals surface area contributed by atoms with Crippen molar-refractivity contribution in [3.8, 4) is 0 Å². The number of amides is 1. The summed E-state index contributed by atoms with van der Waals surface area (Å²) in [6.07, 6.45) is 2.34. The van der Waals surface area contributed by atoms with E-state index in [1.807, 2.05) is 0 Å². The second-order valence-corrected chi connectivity index (χ2v) is 7.15. The summed E-state index contributed by atoms with van der Waals surface area (Å²) >= 11 is 0. The zero-order chi connectivity index (χ0) is 21.1. The normalized spacial score (nSPS) is 14.3. The fraction of sp³-hybridized carbons (Fsp3) is 0.350. The van der Waals surface area contributed by atoms with Crippen LogP contribution in [0.15, 0.2) is 45.6 Å². The molecule has 0 bridgehead atoms. The van der Waals surface area contributed by atoms with Gasteiger partial charge in [-0.1, -0.05) is 18.2 Å². The van der Waals surface area contributed by atoms with Crippen LogP contribution in [0.25, 0.3) is 10.8 Å². The Kier molecular flexibility index (Phi) is 5.57. The maximum absolute atomic E-state index is 12.8. The zero-order valence-corrected chi connectivity index (χ0v) is 16.2. The van der Waals surface area contributed by atoms with E-state index in [-0.39, 0.29) is 17.9 Å². The summed E-state index contributed by atoms with van der Waals surface area (Å²) in [5.41, 5.74) is 0.377. The van der Waals surface area contributed by atoms with E-state index in [2.05, 4.69) is 15.3 Å². The molecule has 1 amide bonds. The Balaban J connectivity index is 1.55. The summed E-state index contributed by atoms with van der Waals surface area (Å²) in [7, 11) is 0. The van der Waals surface area contributed by atoms with Gasteiger partial charge in [0.1, 0.15) is 4.92 Å². The lowest BCUT2D eigenvalue weighted by molar-refractivity contribution is -0.402. The Labute approximate surface area is 171 Å². The van der Waals surface area contributed by atoms with Gasteiger partial charge in [0.2, 0.25) is 0 Å². The average Bonchev–Trinajstić information content (AvgIpc) is 3.44. The highest BCUT2D eigenvalue weighted by Gasteiger charge is 2.18. The number of nitro groups is 1. The van der Waals surface area contributed by atoms with Gasteiger partial charge in [0.25, 0.3) is 11.5 Å². The zero-order valence-electron chi connectivity index (χ0n) is 16.2. The van der Waals surface area contributed by atoms with Crippen molar-refractivity contribution < 1.29 is 14.1 Å². The minimum atomic E-state index is -0.706. The highest BCUT2D eigenvalue weighted by molar-refractivity contribution is 5.92. The van der Waals surface area contributed by atoms with Crippen LogP contribution in [-0.4, -0.2) is 45.1 Å². The number of carbonyl (C=O) groups excluding carboxylic acids is 1. The van der Waals surface area contributed by atoms with E-state index in [9.17, 15) is 19.7 Å². The molecule has 0 spiro atoms. The molecule has 10 nitrogen and oxygen atoms in total. The number of nitrogens with one attached hydrogen (secondary N) is 1. The van der Waals surface area contributed by atoms with Crippen molar-refractivity contribution in [2.45, 2.75) is 25.9 Å². The molecule has 3 heterocycles. The molecule has 1 N–H and O–H groups in total. The number of aromatic nitrogens is 2. The number of fused-ring (bicyclic) bond motifs is 1. The van der Waals surface area contributed by atoms with Gasteiger partial charge in [-0.3, -0.25) is 19.7 Å². The molecule has 1 aliphatic rings. The molecule has 1 fully saturated rings. The largest absolute Gasteiger partial charge is 0.433 e. The maximum Gasteiger partial charge on any atom is 0.433 e. The Bertz CT molecular complexity index is 1150. The molecule has 30 heavy (non-hydrogen) atoms. The molecule has 1 saturated heterocycles. The summed E-state index contributed by atoms with van der Waals surface area (Å²) in [4.78, 5) is 37.5. The Hall–Kier alpha value is -3.53. The minimum Gasteiger partial charge on any atom is -0.395 e. The van der Waals surface area contributed by atoms with Crippen LogP contribution < -0.4 is 10.9 Å². The molecule has 0 unspecified atom stereocenters. The van der Waals surface area contributed by atoms with Gasteiger partial charge >= 0.3 is 5.88 Å². The first-order chi connectivity index (χ1) is 14.5. The summed E-state index contributed by atoms with van der Waals surface area (Å²) in [6.45, 7) is 3.32. The maximum atomic E-state index is 12.8. The molecule has 4 rings (SSSR count). The fourth-order valence-electron chi connectivity index (χ4n) is 3.63. The molecule has 2 aromatic heterocycles. The van der Waals surface area contributed by atoms with Crippen molar-refractivity contribution in [3.05, 3.63) is 68.3 Å². The smallest absolute Gasteiger partial charge is 0.395 e. The van der Waals surface area contributed by atoms with Crippen LogP contribution in [-0.2, 0) is 13.1 Å². The molecule has 10 heteroatoms. The van der Waals surface area contributed by atoms with Gasteiger partial charge in [0, 0.05) is 11.9 Å². The lowest BCUT2D eigenvalue weighted by Gasteiger charge is -2.16. The topological polar surface area (TPSA) is 124 Å². The van der Waals surface area contributed by atoms with Gasteiger partial charge < -0.3 is 14.6 Å². The highest BCUT2D eigenvalue weighted by Crippen LogP contribution is 2.17. The van der Waals surface area contributed by atoms with Crippen LogP contribution in [0, 0.1) is 10.1 Å². The molecule has 1 aromatic carbocycles. The van der Waals surface area contributed by atoms with Gasteiger partial charge in [-0.2, -0.15) is 5.10 Å². The third-order valence-electron chi connectivity index (χ3n) is 5.18. The van der Waals surface area contributed by atoms with Crippen LogP contribution in [0.3, 0.4) is 0 Å². The van der Waals surface area contributed by atoms with Gasteiger partial charge in [-0.15, -0.1) is 0 Å². The molecular weight excluding hydrogens is 390 g/mol. The first kappa shape index (κ1) is 19.8. The van der Waals surface area contributed by atoms with Crippen LogP contribution in [0.5, 0.6) is 0 Å². The number of furan rings is 1. The molecular formula is C20H21N5O5. The first-order valence-corrected chi connectivity index (χ1v) is 9.76. The number of hydrogen-bond acceptors (Lipinski definition) is 7. The van der Waals surface area contributed by atoms with E-state index < -0.39 is 16.7 Å². The highest BCUT2D eigenvalue weighted by atomic mass is 16.6. The van der Waals surface area contributed by atoms with E-state index in [0.717, 1.165) is 25.7 Å². The van der Waals surface area contributed by atoms with E-state index in [1.165, 1.54) is 23.6 Å². The van der Waals surface area contributed by atoms with Crippen molar-refractivity contribution in [2.24, 2.45) is 0 Å². The van der Waals surface area contributed by atoms with Gasteiger partial charge in [-0.05, 0) is 38.1 Å². The molecule has 0 radical (unpaired) electrons. The van der Waals surface area contributed by atoms with E-state index in [4.69, 9.17) is 4.42 Å². The monoisotopic (exact) mass is 411 g/mol. The second-order valence-electron chi connectivity index (χ2n) is 7.15. The Morgan fingerprint density at radius 3 is 2.57 bits per heavy atom. The van der Waals surface area contributed by atoms with Crippen LogP contribution >= 0.6 is 0 Å². The molecule has 0 saturated carbocycles. The molecule has 0 aliphatic carbocycles. The van der Waals surface area contributed by atoms with Crippen molar-refractivity contribution >= 4 is 22.6 Å². The first-order valence-electron chi connectivity index (χ1n) is 9.76. The average molecular weight is 411 g/mol. The summed E-state index contributed by atoms with van der Waals surface area (Å²) in [5, 5.41) is 19.1. The van der Waals surface area contributed by atoms with Crippen LogP contribution in [0.1, 0.15) is 29.1 Å². The van der Waals surface area contributed by atoms with E-state index >= 15 is 0 Å². The van der Waals surface area contributed by atoms with Crippen molar-refractivity contribution in [1.82, 2.24) is 20.0 Å². The number of benzene rings is 1. The van der Waals surface area contributed by atoms with Crippen LogP contribution in [0.2, 0.25) is 0 Å². The third-order valence-corrected chi connectivity index (χ3v) is 5.18. The van der Waals surface area contributed by atoms with Crippen molar-refractivity contribution in [2.75, 3.05) is 19.6 Å². The molecule has 3 aromatic rings. The van der Waals surface area contributed by atoms with E-state index in [0.29, 0.717) is 23.0 Å². The van der Waals surface area contributed by atoms with Gasteiger partial charge in [-0.25, -0.2) is 4.68 Å². The van der Waals surface area contributed by atoms with E-state index in [1.54, 1.807) is 24.3 Å². The van der Waals surface area contributed by atoms with Crippen LogP contribution in [0.4, 0.5) is 5.88 Å². The SMILES string of the molecule is O=C(NCc1nn(CCN2CCCC2)c(=O)c2ccccc12)c1ccc([N+](=O)[O-])o1. The predicted octanol–water partition coefficient (Wildman–Crippen LogP) is 1.92. The number of hydrogen-bond donors (Lipinski definition) is 1. The number of carbonyl (C=O) groups is 1. The quantitative estimate of drug-likeness (QED) is 0.465. The fourth-order valence-corrected chi connectivity index (χ4v) is 3.63. The van der Waals surface area contributed by atoms with Crippen molar-refractivity contribution in [1.29, 1.82) is 0 Å². The van der Waals surface area contributed by atoms with Gasteiger partial charge in [0.15, 0.2) is 5.76 Å². The summed E-state index contributed by atoms with van der Waals surface area (Å²) < 4.78 is 6.37. The molecule has 1 aliphatic heterocycles. The number of likely N-dealkylation sites (tertiary alicyclic amines) is 1. The summed E-state index contributed by atoms with van der Waals surface area (Å²) in [6, 6.07) is 9.50. The Morgan fingerprint density at radius 1 is 1.13 bits per heavy atom. The second kappa shape index (κ2) is 8.46. The van der Waals surface area contributed by atoms with Crippen molar-refractivity contribution in [3.63, 3.8) is 0 Å². The lowest BCUT2D eigenvalue weighted by atomic mass is 10.1. The third kappa shape index (κ3) is 4.08. The number of rotatable bonds is 7. The molecule has 156 valence electrons.